The van der Waals surface area contributed by atoms with Gasteiger partial charge in [-0.3, -0.25) is 9.48 Å². The van der Waals surface area contributed by atoms with Crippen molar-refractivity contribution >= 4 is 21.6 Å². The van der Waals surface area contributed by atoms with Gasteiger partial charge in [-0.05, 0) is 32.4 Å². The molecule has 9 heteroatoms. The summed E-state index contributed by atoms with van der Waals surface area (Å²) in [6.45, 7) is 6.70. The maximum absolute atomic E-state index is 12.9. The molecule has 1 unspecified atom stereocenters. The van der Waals surface area contributed by atoms with Gasteiger partial charge < -0.3 is 9.80 Å². The molecule has 4 heterocycles. The molecule has 0 aromatic carbocycles. The second-order valence-electron chi connectivity index (χ2n) is 7.88. The van der Waals surface area contributed by atoms with Gasteiger partial charge in [0.25, 0.3) is 0 Å². The molecule has 1 amide bonds. The molecule has 0 N–H and O–H groups in total. The van der Waals surface area contributed by atoms with Crippen LogP contribution in [-0.2, 0) is 21.1 Å². The summed E-state index contributed by atoms with van der Waals surface area (Å²) in [4.78, 5) is 21.4. The predicted octanol–water partition coefficient (Wildman–Crippen LogP) is 1.15. The van der Waals surface area contributed by atoms with Gasteiger partial charge in [0.1, 0.15) is 5.82 Å². The van der Waals surface area contributed by atoms with Crippen LogP contribution in [0.1, 0.15) is 29.4 Å². The van der Waals surface area contributed by atoms with E-state index in [1.54, 1.807) is 6.20 Å². The van der Waals surface area contributed by atoms with E-state index >= 15 is 0 Å². The Bertz CT molecular complexity index is 995. The Morgan fingerprint density at radius 2 is 1.93 bits per heavy atom. The van der Waals surface area contributed by atoms with Crippen molar-refractivity contribution in [2.75, 3.05) is 42.6 Å². The highest BCUT2D eigenvalue weighted by atomic mass is 32.2. The van der Waals surface area contributed by atoms with Crippen molar-refractivity contribution in [2.45, 2.75) is 32.7 Å². The van der Waals surface area contributed by atoms with Crippen molar-refractivity contribution in [1.82, 2.24) is 19.7 Å². The second kappa shape index (κ2) is 7.78. The van der Waals surface area contributed by atoms with E-state index in [-0.39, 0.29) is 23.5 Å². The number of rotatable bonds is 4. The van der Waals surface area contributed by atoms with E-state index in [2.05, 4.69) is 15.0 Å². The smallest absolute Gasteiger partial charge is 0.227 e. The predicted molar refractivity (Wildman–Crippen MR) is 111 cm³/mol. The quantitative estimate of drug-likeness (QED) is 0.741. The molecule has 0 spiro atoms. The SMILES string of the molecule is Cc1nn(C2CCS(=O)(=O)C2)c(C)c1CC(=O)N1CCN(c2ccccn2)CC1. The van der Waals surface area contributed by atoms with Crippen LogP contribution in [-0.4, -0.2) is 71.7 Å². The lowest BCUT2D eigenvalue weighted by Gasteiger charge is -2.35. The van der Waals surface area contributed by atoms with Gasteiger partial charge in [-0.15, -0.1) is 0 Å². The van der Waals surface area contributed by atoms with Crippen molar-refractivity contribution in [1.29, 1.82) is 0 Å². The largest absolute Gasteiger partial charge is 0.353 e. The van der Waals surface area contributed by atoms with Crippen LogP contribution in [0.15, 0.2) is 24.4 Å². The van der Waals surface area contributed by atoms with E-state index in [0.717, 1.165) is 35.9 Å². The van der Waals surface area contributed by atoms with Crippen LogP contribution in [0.2, 0.25) is 0 Å². The standard InChI is InChI=1S/C20H27N5O3S/c1-15-18(16(2)25(22-15)17-6-12-29(27,28)14-17)13-20(26)24-10-8-23(9-11-24)19-5-3-4-7-21-19/h3-5,7,17H,6,8-14H2,1-2H3. The number of aromatic nitrogens is 3. The zero-order valence-corrected chi connectivity index (χ0v) is 17.7. The Balaban J connectivity index is 1.40. The summed E-state index contributed by atoms with van der Waals surface area (Å²) in [6, 6.07) is 5.74. The molecule has 2 aromatic rings. The van der Waals surface area contributed by atoms with Crippen LogP contribution in [0.5, 0.6) is 0 Å². The number of hydrogen-bond donors (Lipinski definition) is 0. The Morgan fingerprint density at radius 1 is 1.17 bits per heavy atom. The molecule has 0 bridgehead atoms. The fourth-order valence-corrected chi connectivity index (χ4v) is 5.96. The average Bonchev–Trinajstić information content (AvgIpc) is 3.22. The second-order valence-corrected chi connectivity index (χ2v) is 10.1. The van der Waals surface area contributed by atoms with Gasteiger partial charge in [-0.25, -0.2) is 13.4 Å². The van der Waals surface area contributed by atoms with Crippen LogP contribution in [0.25, 0.3) is 0 Å². The summed E-state index contributed by atoms with van der Waals surface area (Å²) < 4.78 is 25.5. The molecule has 4 rings (SSSR count). The monoisotopic (exact) mass is 417 g/mol. The highest BCUT2D eigenvalue weighted by Crippen LogP contribution is 2.27. The number of anilines is 1. The number of hydrogen-bond acceptors (Lipinski definition) is 6. The Morgan fingerprint density at radius 3 is 2.55 bits per heavy atom. The number of carbonyl (C=O) groups excluding carboxylic acids is 1. The molecule has 29 heavy (non-hydrogen) atoms. The molecule has 156 valence electrons. The van der Waals surface area contributed by atoms with Gasteiger partial charge in [0.15, 0.2) is 9.84 Å². The van der Waals surface area contributed by atoms with Gasteiger partial charge in [-0.1, -0.05) is 6.07 Å². The number of piperazine rings is 1. The molecule has 2 aliphatic heterocycles. The maximum Gasteiger partial charge on any atom is 0.227 e. The van der Waals surface area contributed by atoms with E-state index in [4.69, 9.17) is 0 Å². The fourth-order valence-electron chi connectivity index (χ4n) is 4.27. The summed E-state index contributed by atoms with van der Waals surface area (Å²) in [7, 11) is -2.98. The Labute approximate surface area is 171 Å². The molecule has 2 aliphatic rings. The Kier molecular flexibility index (Phi) is 5.33. The van der Waals surface area contributed by atoms with Crippen molar-refractivity contribution in [3.05, 3.63) is 41.3 Å². The van der Waals surface area contributed by atoms with Crippen molar-refractivity contribution in [2.24, 2.45) is 0 Å². The van der Waals surface area contributed by atoms with Crippen molar-refractivity contribution < 1.29 is 13.2 Å². The zero-order valence-electron chi connectivity index (χ0n) is 16.9. The third kappa shape index (κ3) is 4.14. The molecule has 2 aromatic heterocycles. The highest BCUT2D eigenvalue weighted by molar-refractivity contribution is 7.91. The first kappa shape index (κ1) is 19.9. The van der Waals surface area contributed by atoms with Gasteiger partial charge in [0, 0.05) is 43.6 Å². The van der Waals surface area contributed by atoms with E-state index in [0.29, 0.717) is 25.9 Å². The lowest BCUT2D eigenvalue weighted by atomic mass is 10.1. The van der Waals surface area contributed by atoms with Gasteiger partial charge in [-0.2, -0.15) is 5.10 Å². The molecule has 0 aliphatic carbocycles. The van der Waals surface area contributed by atoms with E-state index in [1.165, 1.54) is 0 Å². The third-order valence-corrected chi connectivity index (χ3v) is 7.71. The summed E-state index contributed by atoms with van der Waals surface area (Å²) in [5.41, 5.74) is 2.64. The average molecular weight is 418 g/mol. The number of aryl methyl sites for hydroxylation is 1. The maximum atomic E-state index is 12.9. The fraction of sp³-hybridized carbons (Fsp3) is 0.550. The number of sulfone groups is 1. The molecule has 2 fully saturated rings. The lowest BCUT2D eigenvalue weighted by Crippen LogP contribution is -2.49. The third-order valence-electron chi connectivity index (χ3n) is 5.96. The van der Waals surface area contributed by atoms with E-state index in [1.807, 2.05) is 41.6 Å². The number of pyridine rings is 1. The van der Waals surface area contributed by atoms with Crippen LogP contribution < -0.4 is 4.90 Å². The highest BCUT2D eigenvalue weighted by Gasteiger charge is 2.32. The first-order chi connectivity index (χ1) is 13.8. The number of amides is 1. The summed E-state index contributed by atoms with van der Waals surface area (Å²) in [5.74, 6) is 1.39. The van der Waals surface area contributed by atoms with E-state index < -0.39 is 9.84 Å². The molecule has 8 nitrogen and oxygen atoms in total. The molecule has 0 saturated carbocycles. The zero-order chi connectivity index (χ0) is 20.6. The minimum absolute atomic E-state index is 0.0930. The van der Waals surface area contributed by atoms with Crippen LogP contribution >= 0.6 is 0 Å². The molecule has 1 atom stereocenters. The summed E-state index contributed by atoms with van der Waals surface area (Å²) in [6.07, 6.45) is 2.68. The minimum Gasteiger partial charge on any atom is -0.353 e. The van der Waals surface area contributed by atoms with Crippen molar-refractivity contribution in [3.63, 3.8) is 0 Å². The number of carbonyl (C=O) groups is 1. The van der Waals surface area contributed by atoms with Crippen LogP contribution in [0, 0.1) is 13.8 Å². The first-order valence-corrected chi connectivity index (χ1v) is 11.8. The number of nitrogens with zero attached hydrogens (tertiary/aromatic N) is 5. The van der Waals surface area contributed by atoms with E-state index in [9.17, 15) is 13.2 Å². The molecular formula is C20H27N5O3S. The van der Waals surface area contributed by atoms with Gasteiger partial charge >= 0.3 is 0 Å². The summed E-state index contributed by atoms with van der Waals surface area (Å²) >= 11 is 0. The Hall–Kier alpha value is -2.42. The normalized spacial score (nSPS) is 21.5. The molecule has 2 saturated heterocycles. The minimum atomic E-state index is -2.98. The first-order valence-electron chi connectivity index (χ1n) is 10.0. The van der Waals surface area contributed by atoms with Crippen LogP contribution in [0.3, 0.4) is 0 Å². The summed E-state index contributed by atoms with van der Waals surface area (Å²) in [5, 5.41) is 4.57. The topological polar surface area (TPSA) is 88.4 Å². The van der Waals surface area contributed by atoms with Gasteiger partial charge in [0.05, 0.1) is 29.7 Å². The molecular weight excluding hydrogens is 390 g/mol. The van der Waals surface area contributed by atoms with Crippen LogP contribution in [0.4, 0.5) is 5.82 Å². The lowest BCUT2D eigenvalue weighted by molar-refractivity contribution is -0.130. The van der Waals surface area contributed by atoms with Gasteiger partial charge in [0.2, 0.25) is 5.91 Å². The molecule has 0 radical (unpaired) electrons. The van der Waals surface area contributed by atoms with Crippen molar-refractivity contribution in [3.8, 4) is 0 Å².